The van der Waals surface area contributed by atoms with Crippen LogP contribution < -0.4 is 0 Å². The molecule has 21 heavy (non-hydrogen) atoms. The van der Waals surface area contributed by atoms with Crippen LogP contribution in [-0.4, -0.2) is 60.4 Å². The largest absolute Gasteiger partial charge is 0.481 e. The van der Waals surface area contributed by atoms with Crippen molar-refractivity contribution in [3.05, 3.63) is 0 Å². The third kappa shape index (κ3) is 7.43. The SMILES string of the molecule is CC(C)C[C@@H](C)OCCC(=O)N1CCO[C@H](CC(=O)O)C1. The lowest BCUT2D eigenvalue weighted by molar-refractivity contribution is -0.148. The molecule has 6 heteroatoms. The van der Waals surface area contributed by atoms with Crippen LogP contribution >= 0.6 is 0 Å². The zero-order chi connectivity index (χ0) is 15.8. The number of hydrogen-bond donors (Lipinski definition) is 1. The Morgan fingerprint density at radius 3 is 2.71 bits per heavy atom. The second-order valence-electron chi connectivity index (χ2n) is 5.99. The molecule has 0 saturated carbocycles. The zero-order valence-electron chi connectivity index (χ0n) is 13.2. The number of morpholine rings is 1. The van der Waals surface area contributed by atoms with E-state index in [2.05, 4.69) is 13.8 Å². The molecule has 1 aliphatic rings. The van der Waals surface area contributed by atoms with E-state index >= 15 is 0 Å². The first kappa shape index (κ1) is 17.9. The van der Waals surface area contributed by atoms with E-state index in [1.165, 1.54) is 0 Å². The molecule has 1 saturated heterocycles. The Hall–Kier alpha value is -1.14. The molecule has 0 spiro atoms. The highest BCUT2D eigenvalue weighted by Crippen LogP contribution is 2.11. The van der Waals surface area contributed by atoms with Crippen LogP contribution in [0.3, 0.4) is 0 Å². The van der Waals surface area contributed by atoms with Crippen LogP contribution in [0.25, 0.3) is 0 Å². The van der Waals surface area contributed by atoms with Gasteiger partial charge in [0.25, 0.3) is 0 Å². The van der Waals surface area contributed by atoms with E-state index in [1.54, 1.807) is 4.90 Å². The van der Waals surface area contributed by atoms with Gasteiger partial charge in [-0.3, -0.25) is 9.59 Å². The van der Waals surface area contributed by atoms with Crippen molar-refractivity contribution in [1.29, 1.82) is 0 Å². The van der Waals surface area contributed by atoms with Crippen LogP contribution in [0.5, 0.6) is 0 Å². The van der Waals surface area contributed by atoms with E-state index in [-0.39, 0.29) is 18.4 Å². The Balaban J connectivity index is 2.26. The van der Waals surface area contributed by atoms with E-state index < -0.39 is 12.1 Å². The smallest absolute Gasteiger partial charge is 0.306 e. The molecule has 1 heterocycles. The maximum absolute atomic E-state index is 12.1. The second kappa shape index (κ2) is 9.00. The predicted molar refractivity (Wildman–Crippen MR) is 78.1 cm³/mol. The monoisotopic (exact) mass is 301 g/mol. The highest BCUT2D eigenvalue weighted by atomic mass is 16.5. The molecule has 1 rings (SSSR count). The number of amides is 1. The van der Waals surface area contributed by atoms with Gasteiger partial charge < -0.3 is 19.5 Å². The van der Waals surface area contributed by atoms with Gasteiger partial charge in [-0.15, -0.1) is 0 Å². The average molecular weight is 301 g/mol. The third-order valence-electron chi connectivity index (χ3n) is 3.42. The molecular formula is C15H27NO5. The van der Waals surface area contributed by atoms with Crippen molar-refractivity contribution >= 4 is 11.9 Å². The summed E-state index contributed by atoms with van der Waals surface area (Å²) in [5.41, 5.74) is 0. The van der Waals surface area contributed by atoms with Crippen LogP contribution in [0, 0.1) is 5.92 Å². The number of aliphatic carboxylic acids is 1. The molecule has 1 aliphatic heterocycles. The molecule has 6 nitrogen and oxygen atoms in total. The molecule has 0 radical (unpaired) electrons. The van der Waals surface area contributed by atoms with Crippen LogP contribution in [0.2, 0.25) is 0 Å². The van der Waals surface area contributed by atoms with E-state index in [1.807, 2.05) is 6.92 Å². The number of carbonyl (C=O) groups is 2. The summed E-state index contributed by atoms with van der Waals surface area (Å²) in [7, 11) is 0. The summed E-state index contributed by atoms with van der Waals surface area (Å²) in [6.45, 7) is 7.98. The van der Waals surface area contributed by atoms with Gasteiger partial charge in [-0.25, -0.2) is 0 Å². The van der Waals surface area contributed by atoms with Gasteiger partial charge in [0.2, 0.25) is 5.91 Å². The lowest BCUT2D eigenvalue weighted by Crippen LogP contribution is -2.46. The fourth-order valence-electron chi connectivity index (χ4n) is 2.50. The van der Waals surface area contributed by atoms with E-state index in [0.717, 1.165) is 6.42 Å². The summed E-state index contributed by atoms with van der Waals surface area (Å²) < 4.78 is 11.0. The molecule has 0 bridgehead atoms. The van der Waals surface area contributed by atoms with Gasteiger partial charge in [-0.05, 0) is 19.3 Å². The summed E-state index contributed by atoms with van der Waals surface area (Å²) in [5, 5.41) is 8.76. The van der Waals surface area contributed by atoms with Gasteiger partial charge in [0.15, 0.2) is 0 Å². The van der Waals surface area contributed by atoms with E-state index in [4.69, 9.17) is 14.6 Å². The van der Waals surface area contributed by atoms with E-state index in [0.29, 0.717) is 38.6 Å². The Morgan fingerprint density at radius 1 is 1.38 bits per heavy atom. The molecular weight excluding hydrogens is 274 g/mol. The minimum atomic E-state index is -0.903. The van der Waals surface area contributed by atoms with Crippen LogP contribution in [-0.2, 0) is 19.1 Å². The maximum Gasteiger partial charge on any atom is 0.306 e. The minimum absolute atomic E-state index is 0.00503. The molecule has 0 aromatic rings. The molecule has 0 aromatic carbocycles. The van der Waals surface area contributed by atoms with Gasteiger partial charge in [0.05, 0.1) is 38.3 Å². The normalized spacial score (nSPS) is 20.6. The third-order valence-corrected chi connectivity index (χ3v) is 3.42. The molecule has 0 unspecified atom stereocenters. The number of hydrogen-bond acceptors (Lipinski definition) is 4. The van der Waals surface area contributed by atoms with Crippen molar-refractivity contribution < 1.29 is 24.2 Å². The summed E-state index contributed by atoms with van der Waals surface area (Å²) in [6.07, 6.45) is 1.00. The zero-order valence-corrected chi connectivity index (χ0v) is 13.2. The first-order valence-corrected chi connectivity index (χ1v) is 7.61. The average Bonchev–Trinajstić information content (AvgIpc) is 2.37. The standard InChI is InChI=1S/C15H27NO5/c1-11(2)8-12(3)20-6-4-14(17)16-5-7-21-13(10-16)9-15(18)19/h11-13H,4-10H2,1-3H3,(H,18,19)/t12-,13-/m1/s1. The first-order valence-electron chi connectivity index (χ1n) is 7.61. The van der Waals surface area contributed by atoms with E-state index in [9.17, 15) is 9.59 Å². The quantitative estimate of drug-likeness (QED) is 0.736. The van der Waals surface area contributed by atoms with Crippen LogP contribution in [0.4, 0.5) is 0 Å². The summed E-state index contributed by atoms with van der Waals surface area (Å²) >= 11 is 0. The van der Waals surface area contributed by atoms with Crippen molar-refractivity contribution in [3.8, 4) is 0 Å². The number of rotatable bonds is 8. The highest BCUT2D eigenvalue weighted by molar-refractivity contribution is 5.76. The van der Waals surface area contributed by atoms with Crippen molar-refractivity contribution in [2.24, 2.45) is 5.92 Å². The number of carboxylic acids is 1. The first-order chi connectivity index (χ1) is 9.88. The van der Waals surface area contributed by atoms with Gasteiger partial charge in [0, 0.05) is 13.1 Å². The van der Waals surface area contributed by atoms with Gasteiger partial charge in [-0.2, -0.15) is 0 Å². The molecule has 1 fully saturated rings. The van der Waals surface area contributed by atoms with Crippen LogP contribution in [0.15, 0.2) is 0 Å². The molecule has 2 atom stereocenters. The van der Waals surface area contributed by atoms with Crippen molar-refractivity contribution in [2.45, 2.75) is 52.2 Å². The highest BCUT2D eigenvalue weighted by Gasteiger charge is 2.25. The number of carboxylic acid groups (broad SMARTS) is 1. The fourth-order valence-corrected chi connectivity index (χ4v) is 2.50. The van der Waals surface area contributed by atoms with Gasteiger partial charge in [0.1, 0.15) is 0 Å². The van der Waals surface area contributed by atoms with Crippen molar-refractivity contribution in [3.63, 3.8) is 0 Å². The predicted octanol–water partition coefficient (Wildman–Crippen LogP) is 1.53. The second-order valence-corrected chi connectivity index (χ2v) is 5.99. The fraction of sp³-hybridized carbons (Fsp3) is 0.867. The number of nitrogens with zero attached hydrogens (tertiary/aromatic N) is 1. The van der Waals surface area contributed by atoms with Gasteiger partial charge >= 0.3 is 5.97 Å². The maximum atomic E-state index is 12.1. The Morgan fingerprint density at radius 2 is 2.10 bits per heavy atom. The molecule has 1 N–H and O–H groups in total. The molecule has 0 aromatic heterocycles. The minimum Gasteiger partial charge on any atom is -0.481 e. The molecule has 122 valence electrons. The lowest BCUT2D eigenvalue weighted by atomic mass is 10.1. The molecule has 0 aliphatic carbocycles. The topological polar surface area (TPSA) is 76.1 Å². The Bertz CT molecular complexity index is 345. The molecule has 1 amide bonds. The number of ether oxygens (including phenoxy) is 2. The van der Waals surface area contributed by atoms with Crippen molar-refractivity contribution in [2.75, 3.05) is 26.3 Å². The Labute approximate surface area is 126 Å². The summed E-state index contributed by atoms with van der Waals surface area (Å²) in [4.78, 5) is 24.4. The summed E-state index contributed by atoms with van der Waals surface area (Å²) in [6, 6.07) is 0. The van der Waals surface area contributed by atoms with Gasteiger partial charge in [-0.1, -0.05) is 13.8 Å². The summed E-state index contributed by atoms with van der Waals surface area (Å²) in [5.74, 6) is -0.322. The number of carbonyl (C=O) groups excluding carboxylic acids is 1. The lowest BCUT2D eigenvalue weighted by Gasteiger charge is -2.32. The Kier molecular flexibility index (Phi) is 7.67. The van der Waals surface area contributed by atoms with Crippen molar-refractivity contribution in [1.82, 2.24) is 4.90 Å². The van der Waals surface area contributed by atoms with Crippen LogP contribution in [0.1, 0.15) is 40.0 Å².